The minimum absolute atomic E-state index is 0.242. The summed E-state index contributed by atoms with van der Waals surface area (Å²) >= 11 is 0. The van der Waals surface area contributed by atoms with Crippen LogP contribution in [0.25, 0.3) is 10.8 Å². The van der Waals surface area contributed by atoms with Gasteiger partial charge in [-0.3, -0.25) is 9.10 Å². The molecule has 0 unspecified atom stereocenters. The molecule has 1 N–H and O–H groups in total. The second-order valence-corrected chi connectivity index (χ2v) is 8.94. The number of ether oxygens (including phenoxy) is 2. The smallest absolute Gasteiger partial charge is 0.243 e. The Labute approximate surface area is 182 Å². The zero-order valence-corrected chi connectivity index (χ0v) is 18.6. The van der Waals surface area contributed by atoms with Crippen molar-refractivity contribution in [2.24, 2.45) is 0 Å². The highest BCUT2D eigenvalue weighted by Crippen LogP contribution is 2.25. The van der Waals surface area contributed by atoms with Crippen molar-refractivity contribution in [3.05, 3.63) is 66.7 Å². The number of sulfonamides is 1. The molecule has 0 spiro atoms. The Morgan fingerprint density at radius 1 is 1.00 bits per heavy atom. The van der Waals surface area contributed by atoms with Crippen LogP contribution in [0, 0.1) is 0 Å². The van der Waals surface area contributed by atoms with Crippen LogP contribution in [0.15, 0.2) is 66.7 Å². The van der Waals surface area contributed by atoms with E-state index in [1.165, 1.54) is 7.11 Å². The predicted octanol–water partition coefficient (Wildman–Crippen LogP) is 3.20. The van der Waals surface area contributed by atoms with Crippen LogP contribution in [0.3, 0.4) is 0 Å². The Hall–Kier alpha value is -3.26. The highest BCUT2D eigenvalue weighted by Gasteiger charge is 2.29. The fourth-order valence-corrected chi connectivity index (χ4v) is 4.47. The van der Waals surface area contributed by atoms with Gasteiger partial charge >= 0.3 is 0 Å². The van der Waals surface area contributed by atoms with E-state index in [2.05, 4.69) is 5.32 Å². The third-order valence-electron chi connectivity index (χ3n) is 4.79. The predicted molar refractivity (Wildman–Crippen MR) is 122 cm³/mol. The average Bonchev–Trinajstić information content (AvgIpc) is 2.75. The molecule has 0 saturated carbocycles. The van der Waals surface area contributed by atoms with Crippen LogP contribution in [-0.2, 0) is 14.8 Å². The molecule has 1 amide bonds. The number of anilines is 1. The standard InChI is InChI=1S/C23H26N2O5S/c1-17(25(31(3,27)28)20-9-6-10-21(16-20)29-2)23(26)24-13-14-30-22-12-11-18-7-4-5-8-19(18)15-22/h4-12,15-17H,13-14H2,1-3H3,(H,24,26)/t17-/m0/s1. The highest BCUT2D eigenvalue weighted by atomic mass is 32.2. The van der Waals surface area contributed by atoms with Gasteiger partial charge < -0.3 is 14.8 Å². The Balaban J connectivity index is 1.61. The molecule has 0 fully saturated rings. The van der Waals surface area contributed by atoms with Crippen molar-refractivity contribution in [1.82, 2.24) is 5.32 Å². The molecule has 0 aliphatic rings. The first-order valence-corrected chi connectivity index (χ1v) is 11.7. The first-order chi connectivity index (χ1) is 14.8. The second kappa shape index (κ2) is 9.70. The number of hydrogen-bond acceptors (Lipinski definition) is 5. The molecule has 0 bridgehead atoms. The lowest BCUT2D eigenvalue weighted by Crippen LogP contribution is -2.48. The lowest BCUT2D eigenvalue weighted by molar-refractivity contribution is -0.121. The van der Waals surface area contributed by atoms with E-state index < -0.39 is 22.0 Å². The topological polar surface area (TPSA) is 84.9 Å². The fourth-order valence-electron chi connectivity index (χ4n) is 3.30. The summed E-state index contributed by atoms with van der Waals surface area (Å²) in [7, 11) is -2.20. The van der Waals surface area contributed by atoms with E-state index in [4.69, 9.17) is 9.47 Å². The summed E-state index contributed by atoms with van der Waals surface area (Å²) in [6.07, 6.45) is 1.07. The van der Waals surface area contributed by atoms with Crippen LogP contribution < -0.4 is 19.1 Å². The monoisotopic (exact) mass is 442 g/mol. The lowest BCUT2D eigenvalue weighted by atomic mass is 10.1. The van der Waals surface area contributed by atoms with Crippen LogP contribution in [0.2, 0.25) is 0 Å². The lowest BCUT2D eigenvalue weighted by Gasteiger charge is -2.28. The number of nitrogens with zero attached hydrogens (tertiary/aromatic N) is 1. The largest absolute Gasteiger partial charge is 0.497 e. The normalized spacial score (nSPS) is 12.2. The van der Waals surface area contributed by atoms with E-state index in [0.29, 0.717) is 17.2 Å². The fraction of sp³-hybridized carbons (Fsp3) is 0.261. The Bertz CT molecular complexity index is 1160. The molecule has 8 heteroatoms. The van der Waals surface area contributed by atoms with Crippen LogP contribution in [-0.4, -0.2) is 46.9 Å². The van der Waals surface area contributed by atoms with Crippen molar-refractivity contribution in [2.45, 2.75) is 13.0 Å². The average molecular weight is 443 g/mol. The summed E-state index contributed by atoms with van der Waals surface area (Å²) in [6.45, 7) is 2.04. The maximum Gasteiger partial charge on any atom is 0.243 e. The van der Waals surface area contributed by atoms with E-state index in [-0.39, 0.29) is 13.2 Å². The van der Waals surface area contributed by atoms with Crippen LogP contribution in [0.4, 0.5) is 5.69 Å². The number of nitrogens with one attached hydrogen (secondary N) is 1. The van der Waals surface area contributed by atoms with Gasteiger partial charge in [0.25, 0.3) is 0 Å². The van der Waals surface area contributed by atoms with E-state index in [0.717, 1.165) is 21.3 Å². The van der Waals surface area contributed by atoms with Gasteiger partial charge in [0.1, 0.15) is 24.1 Å². The number of hydrogen-bond donors (Lipinski definition) is 1. The first-order valence-electron chi connectivity index (χ1n) is 9.82. The van der Waals surface area contributed by atoms with Gasteiger partial charge in [-0.1, -0.05) is 36.4 Å². The maximum atomic E-state index is 12.6. The van der Waals surface area contributed by atoms with Crippen LogP contribution in [0.1, 0.15) is 6.92 Å². The molecule has 3 aromatic rings. The van der Waals surface area contributed by atoms with Crippen molar-refractivity contribution in [3.63, 3.8) is 0 Å². The number of amides is 1. The minimum atomic E-state index is -3.70. The molecule has 0 saturated heterocycles. The quantitative estimate of drug-likeness (QED) is 0.515. The van der Waals surface area contributed by atoms with Gasteiger partial charge in [0, 0.05) is 6.07 Å². The Kier molecular flexibility index (Phi) is 7.02. The molecule has 0 aliphatic heterocycles. The van der Waals surface area contributed by atoms with Gasteiger partial charge in [0.2, 0.25) is 15.9 Å². The summed E-state index contributed by atoms with van der Waals surface area (Å²) in [6, 6.07) is 19.4. The SMILES string of the molecule is COc1cccc(N([C@@H](C)C(=O)NCCOc2ccc3ccccc3c2)S(C)(=O)=O)c1. The van der Waals surface area contributed by atoms with E-state index in [1.54, 1.807) is 31.2 Å². The molecule has 0 aliphatic carbocycles. The first kappa shape index (κ1) is 22.4. The summed E-state index contributed by atoms with van der Waals surface area (Å²) in [5.41, 5.74) is 0.358. The van der Waals surface area contributed by atoms with Crippen molar-refractivity contribution in [3.8, 4) is 11.5 Å². The molecule has 7 nitrogen and oxygen atoms in total. The third-order valence-corrected chi connectivity index (χ3v) is 6.03. The number of carbonyl (C=O) groups is 1. The molecule has 3 rings (SSSR count). The van der Waals surface area contributed by atoms with Crippen molar-refractivity contribution in [1.29, 1.82) is 0 Å². The summed E-state index contributed by atoms with van der Waals surface area (Å²) in [5.74, 6) is 0.785. The third kappa shape index (κ3) is 5.67. The van der Waals surface area contributed by atoms with Crippen molar-refractivity contribution >= 4 is 32.4 Å². The Morgan fingerprint density at radius 2 is 1.74 bits per heavy atom. The van der Waals surface area contributed by atoms with Gasteiger partial charge in [0.05, 0.1) is 25.6 Å². The number of rotatable bonds is 9. The maximum absolute atomic E-state index is 12.6. The Morgan fingerprint density at radius 3 is 2.45 bits per heavy atom. The van der Waals surface area contributed by atoms with Crippen molar-refractivity contribution in [2.75, 3.05) is 30.8 Å². The van der Waals surface area contributed by atoms with Gasteiger partial charge in [-0.05, 0) is 42.0 Å². The molecule has 0 radical (unpaired) electrons. The zero-order chi connectivity index (χ0) is 22.4. The summed E-state index contributed by atoms with van der Waals surface area (Å²) < 4.78 is 36.7. The van der Waals surface area contributed by atoms with Crippen molar-refractivity contribution < 1.29 is 22.7 Å². The molecule has 164 valence electrons. The van der Waals surface area contributed by atoms with Gasteiger partial charge in [-0.15, -0.1) is 0 Å². The molecule has 3 aromatic carbocycles. The number of benzene rings is 3. The van der Waals surface area contributed by atoms with Gasteiger partial charge in [-0.2, -0.15) is 0 Å². The molecule has 31 heavy (non-hydrogen) atoms. The van der Waals surface area contributed by atoms with E-state index in [1.807, 2.05) is 42.5 Å². The minimum Gasteiger partial charge on any atom is -0.497 e. The van der Waals surface area contributed by atoms with E-state index >= 15 is 0 Å². The van der Waals surface area contributed by atoms with Crippen LogP contribution in [0.5, 0.6) is 11.5 Å². The second-order valence-electron chi connectivity index (χ2n) is 7.08. The molecular formula is C23H26N2O5S. The van der Waals surface area contributed by atoms with E-state index in [9.17, 15) is 13.2 Å². The summed E-state index contributed by atoms with van der Waals surface area (Å²) in [5, 5.41) is 4.93. The molecule has 0 aromatic heterocycles. The number of methoxy groups -OCH3 is 1. The summed E-state index contributed by atoms with van der Waals surface area (Å²) in [4.78, 5) is 12.6. The molecule has 1 atom stereocenters. The molecule has 0 heterocycles. The van der Waals surface area contributed by atoms with Crippen LogP contribution >= 0.6 is 0 Å². The van der Waals surface area contributed by atoms with Gasteiger partial charge in [0.15, 0.2) is 0 Å². The number of fused-ring (bicyclic) bond motifs is 1. The molecular weight excluding hydrogens is 416 g/mol. The van der Waals surface area contributed by atoms with Gasteiger partial charge in [-0.25, -0.2) is 8.42 Å². The number of carbonyl (C=O) groups excluding carboxylic acids is 1. The highest BCUT2D eigenvalue weighted by molar-refractivity contribution is 7.92. The zero-order valence-electron chi connectivity index (χ0n) is 17.7.